The average molecular weight is 707 g/mol. The van der Waals surface area contributed by atoms with E-state index in [2.05, 4.69) is 11.9 Å². The lowest BCUT2D eigenvalue weighted by molar-refractivity contribution is -0.111. The third-order valence-corrected chi connectivity index (χ3v) is 9.17. The van der Waals surface area contributed by atoms with Crippen molar-refractivity contribution in [2.24, 2.45) is 0 Å². The fourth-order valence-electron chi connectivity index (χ4n) is 6.41. The van der Waals surface area contributed by atoms with Crippen LogP contribution >= 0.6 is 0 Å². The molecule has 52 heavy (non-hydrogen) atoms. The number of ether oxygens (including phenoxy) is 4. The van der Waals surface area contributed by atoms with Gasteiger partial charge in [-0.1, -0.05) is 93.6 Å². The van der Waals surface area contributed by atoms with Gasteiger partial charge in [0, 0.05) is 12.6 Å². The maximum absolute atomic E-state index is 13.7. The Morgan fingerprint density at radius 3 is 2.00 bits per heavy atom. The molecule has 2 aromatic heterocycles. The summed E-state index contributed by atoms with van der Waals surface area (Å²) in [7, 11) is 0. The minimum atomic E-state index is -1.83. The van der Waals surface area contributed by atoms with E-state index in [1.165, 1.54) is 37.0 Å². The number of esters is 3. The maximum Gasteiger partial charge on any atom is 0.353 e. The molecule has 1 aliphatic heterocycles. The van der Waals surface area contributed by atoms with Crippen LogP contribution in [-0.4, -0.2) is 51.9 Å². The Kier molecular flexibility index (Phi) is 11.6. The van der Waals surface area contributed by atoms with Gasteiger partial charge in [0.2, 0.25) is 5.71 Å². The number of nitrogens with zero attached hydrogens (tertiary/aromatic N) is 2. The summed E-state index contributed by atoms with van der Waals surface area (Å²) in [4.78, 5) is 58.2. The zero-order chi connectivity index (χ0) is 36.5. The highest BCUT2D eigenvalue weighted by Gasteiger charge is 2.60. The molecule has 4 atom stereocenters. The molecule has 3 aromatic carbocycles. The molecule has 1 fully saturated rings. The Bertz CT molecular complexity index is 2030. The molecular weight excluding hydrogens is 664 g/mol. The van der Waals surface area contributed by atoms with Gasteiger partial charge in [0.15, 0.2) is 17.9 Å². The van der Waals surface area contributed by atoms with Gasteiger partial charge in [-0.3, -0.25) is 4.57 Å². The highest BCUT2D eigenvalue weighted by atomic mass is 16.7. The molecule has 0 aliphatic carbocycles. The highest BCUT2D eigenvalue weighted by Crippen LogP contribution is 2.44. The molecule has 11 heteroatoms. The molecular formula is C41H42N2O9. The first-order valence-corrected chi connectivity index (χ1v) is 17.7. The van der Waals surface area contributed by atoms with E-state index < -0.39 is 54.2 Å². The van der Waals surface area contributed by atoms with E-state index in [4.69, 9.17) is 23.4 Å². The second-order valence-corrected chi connectivity index (χ2v) is 13.0. The number of rotatable bonds is 15. The van der Waals surface area contributed by atoms with E-state index >= 15 is 0 Å². The zero-order valence-corrected chi connectivity index (χ0v) is 29.3. The minimum absolute atomic E-state index is 0.170. The number of carbonyl (C=O) groups excluding carboxylic acids is 3. The summed E-state index contributed by atoms with van der Waals surface area (Å²) >= 11 is 0. The second kappa shape index (κ2) is 16.6. The first-order chi connectivity index (χ1) is 25.3. The van der Waals surface area contributed by atoms with Crippen molar-refractivity contribution in [2.45, 2.75) is 82.8 Å². The first-order valence-electron chi connectivity index (χ1n) is 17.7. The van der Waals surface area contributed by atoms with Crippen LogP contribution in [0.2, 0.25) is 0 Å². The molecule has 1 saturated heterocycles. The van der Waals surface area contributed by atoms with Crippen molar-refractivity contribution in [1.29, 1.82) is 0 Å². The standard InChI is InChI=1S/C41H42N2O9/c1-3-4-5-6-7-17-24-32-25-31-26-43(40(47)42-35(31)49-32)39-41(2,52-38(46)30-22-15-10-16-23-30)34(51-37(45)29-20-13-9-14-21-29)33(50-39)27-48-36(44)28-18-11-8-12-19-28/h8-16,18-23,25-26,33-34,39H,3-7,17,24,27H2,1-2H3/t33-,34-,39-,41-/m1/s1. The first kappa shape index (κ1) is 36.2. The van der Waals surface area contributed by atoms with Crippen molar-refractivity contribution in [3.63, 3.8) is 0 Å². The number of hydrogen-bond acceptors (Lipinski definition) is 10. The van der Waals surface area contributed by atoms with Crippen LogP contribution in [0.4, 0.5) is 0 Å². The molecule has 270 valence electrons. The fraction of sp³-hybridized carbons (Fsp3) is 0.341. The van der Waals surface area contributed by atoms with Crippen LogP contribution in [0.25, 0.3) is 11.1 Å². The number of unbranched alkanes of at least 4 members (excludes halogenated alkanes) is 5. The molecule has 0 saturated carbocycles. The average Bonchev–Trinajstić information content (AvgIpc) is 3.68. The molecule has 3 heterocycles. The van der Waals surface area contributed by atoms with Crippen LogP contribution in [0.3, 0.4) is 0 Å². The topological polar surface area (TPSA) is 136 Å². The van der Waals surface area contributed by atoms with Gasteiger partial charge in [0.05, 0.1) is 22.1 Å². The van der Waals surface area contributed by atoms with Gasteiger partial charge in [-0.2, -0.15) is 4.98 Å². The van der Waals surface area contributed by atoms with Gasteiger partial charge >= 0.3 is 23.6 Å². The van der Waals surface area contributed by atoms with E-state index in [-0.39, 0.29) is 16.8 Å². The number of fused-ring (bicyclic) bond motifs is 1. The van der Waals surface area contributed by atoms with Crippen molar-refractivity contribution in [2.75, 3.05) is 6.61 Å². The molecule has 0 amide bonds. The molecule has 5 aromatic rings. The lowest BCUT2D eigenvalue weighted by Gasteiger charge is -2.34. The summed E-state index contributed by atoms with van der Waals surface area (Å²) in [6, 6.07) is 26.8. The number of carbonyl (C=O) groups is 3. The van der Waals surface area contributed by atoms with Gasteiger partial charge in [-0.15, -0.1) is 0 Å². The van der Waals surface area contributed by atoms with Crippen molar-refractivity contribution in [3.8, 4) is 0 Å². The van der Waals surface area contributed by atoms with Crippen LogP contribution in [0, 0.1) is 0 Å². The van der Waals surface area contributed by atoms with E-state index in [0.717, 1.165) is 19.3 Å². The summed E-state index contributed by atoms with van der Waals surface area (Å²) in [5.74, 6) is -1.42. The summed E-state index contributed by atoms with van der Waals surface area (Å²) in [6.45, 7) is 3.31. The fourth-order valence-corrected chi connectivity index (χ4v) is 6.41. The normalized spacial score (nSPS) is 19.7. The molecule has 0 spiro atoms. The van der Waals surface area contributed by atoms with Crippen molar-refractivity contribution in [1.82, 2.24) is 9.55 Å². The number of furan rings is 1. The third-order valence-electron chi connectivity index (χ3n) is 9.17. The van der Waals surface area contributed by atoms with Gasteiger partial charge in [0.25, 0.3) is 0 Å². The predicted molar refractivity (Wildman–Crippen MR) is 192 cm³/mol. The third kappa shape index (κ3) is 8.32. The molecule has 0 N–H and O–H groups in total. The Morgan fingerprint density at radius 1 is 0.788 bits per heavy atom. The number of hydrogen-bond donors (Lipinski definition) is 0. The Balaban J connectivity index is 1.35. The summed E-state index contributed by atoms with van der Waals surface area (Å²) in [5.41, 5.74) is -1.64. The number of aromatic nitrogens is 2. The largest absolute Gasteiger partial charge is 0.459 e. The van der Waals surface area contributed by atoms with E-state index in [1.54, 1.807) is 91.0 Å². The molecule has 6 rings (SSSR count). The van der Waals surface area contributed by atoms with Crippen molar-refractivity contribution >= 4 is 29.0 Å². The summed E-state index contributed by atoms with van der Waals surface area (Å²) < 4.78 is 31.5. The summed E-state index contributed by atoms with van der Waals surface area (Å²) in [6.07, 6.45) is 5.07. The van der Waals surface area contributed by atoms with Gasteiger partial charge in [0.1, 0.15) is 18.5 Å². The van der Waals surface area contributed by atoms with E-state index in [9.17, 15) is 19.2 Å². The molecule has 0 unspecified atom stereocenters. The maximum atomic E-state index is 13.7. The second-order valence-electron chi connectivity index (χ2n) is 13.0. The molecule has 0 bridgehead atoms. The van der Waals surface area contributed by atoms with Crippen LogP contribution in [0.5, 0.6) is 0 Å². The van der Waals surface area contributed by atoms with Gasteiger partial charge in [-0.05, 0) is 55.8 Å². The predicted octanol–water partition coefficient (Wildman–Crippen LogP) is 7.49. The van der Waals surface area contributed by atoms with Crippen molar-refractivity contribution < 1.29 is 37.7 Å². The SMILES string of the molecule is CCCCCCCCc1cc2cn([C@@H]3O[C@H](COC(=O)c4ccccc4)[C@@H](OC(=O)c4ccccc4)[C@@]3(C)OC(=O)c3ccccc3)c(=O)nc2o1. The summed E-state index contributed by atoms with van der Waals surface area (Å²) in [5, 5.41) is 0.540. The lowest BCUT2D eigenvalue weighted by Crippen LogP contribution is -2.51. The van der Waals surface area contributed by atoms with Crippen LogP contribution in [0.1, 0.15) is 95.4 Å². The van der Waals surface area contributed by atoms with Crippen LogP contribution in [-0.2, 0) is 25.4 Å². The zero-order valence-electron chi connectivity index (χ0n) is 29.3. The Labute approximate surface area is 301 Å². The van der Waals surface area contributed by atoms with Crippen LogP contribution in [0.15, 0.2) is 112 Å². The molecule has 0 radical (unpaired) electrons. The Hall–Kier alpha value is -5.55. The van der Waals surface area contributed by atoms with Crippen molar-refractivity contribution in [3.05, 3.63) is 136 Å². The quantitative estimate of drug-likeness (QED) is 0.0612. The smallest absolute Gasteiger partial charge is 0.353 e. The number of benzene rings is 3. The van der Waals surface area contributed by atoms with E-state index in [1.807, 2.05) is 6.07 Å². The van der Waals surface area contributed by atoms with Gasteiger partial charge < -0.3 is 23.4 Å². The lowest BCUT2D eigenvalue weighted by atomic mass is 9.95. The van der Waals surface area contributed by atoms with Crippen LogP contribution < -0.4 is 5.69 Å². The monoisotopic (exact) mass is 706 g/mol. The Morgan fingerprint density at radius 2 is 1.37 bits per heavy atom. The number of aryl methyl sites for hydroxylation is 1. The van der Waals surface area contributed by atoms with Gasteiger partial charge in [-0.25, -0.2) is 19.2 Å². The highest BCUT2D eigenvalue weighted by molar-refractivity contribution is 5.91. The minimum Gasteiger partial charge on any atom is -0.459 e. The van der Waals surface area contributed by atoms with E-state index in [0.29, 0.717) is 23.1 Å². The molecule has 1 aliphatic rings. The molecule has 11 nitrogen and oxygen atoms in total.